The number of nitrogens with one attached hydrogen (secondary N) is 1. The number of carbonyl (C=O) groups excluding carboxylic acids is 1. The maximum absolute atomic E-state index is 13.4. The quantitative estimate of drug-likeness (QED) is 0.454. The number of phosphoric acid groups is 1. The molecule has 0 radical (unpaired) electrons. The van der Waals surface area contributed by atoms with Gasteiger partial charge in [-0.3, -0.25) is 9.05 Å². The van der Waals surface area contributed by atoms with Crippen LogP contribution in [0.25, 0.3) is 0 Å². The molecular formula is C21H36NO6P. The highest BCUT2D eigenvalue weighted by Gasteiger charge is 2.39. The minimum absolute atomic E-state index is 0.309. The van der Waals surface area contributed by atoms with E-state index >= 15 is 0 Å². The molecule has 1 aromatic carbocycles. The Morgan fingerprint density at radius 2 is 1.45 bits per heavy atom. The summed E-state index contributed by atoms with van der Waals surface area (Å²) in [5.41, 5.74) is -1.10. The van der Waals surface area contributed by atoms with Crippen LogP contribution in [-0.2, 0) is 24.9 Å². The van der Waals surface area contributed by atoms with E-state index in [0.29, 0.717) is 23.4 Å². The van der Waals surface area contributed by atoms with Crippen molar-refractivity contribution in [3.8, 4) is 5.75 Å². The van der Waals surface area contributed by atoms with Crippen LogP contribution in [0.4, 0.5) is 0 Å². The fraction of sp³-hybridized carbons (Fsp3) is 0.667. The second-order valence-corrected chi connectivity index (χ2v) is 11.2. The van der Waals surface area contributed by atoms with Crippen molar-refractivity contribution in [2.45, 2.75) is 85.7 Å². The third kappa shape index (κ3) is 9.77. The number of hydrogen-bond donors (Lipinski definition) is 1. The zero-order chi connectivity index (χ0) is 22.7. The Hall–Kier alpha value is -1.40. The minimum atomic E-state index is -3.95. The number of hydrogen-bond acceptors (Lipinski definition) is 7. The van der Waals surface area contributed by atoms with Crippen LogP contribution in [0, 0.1) is 0 Å². The highest BCUT2D eigenvalue weighted by molar-refractivity contribution is 7.49. The zero-order valence-corrected chi connectivity index (χ0v) is 20.2. The van der Waals surface area contributed by atoms with Gasteiger partial charge in [-0.25, -0.2) is 9.36 Å². The summed E-state index contributed by atoms with van der Waals surface area (Å²) in [5, 5.41) is 3.02. The van der Waals surface area contributed by atoms with Crippen molar-refractivity contribution in [1.29, 1.82) is 0 Å². The smallest absolute Gasteiger partial charge is 0.456 e. The number of phosphoric ester groups is 1. The van der Waals surface area contributed by atoms with Gasteiger partial charge in [-0.1, -0.05) is 0 Å². The predicted molar refractivity (Wildman–Crippen MR) is 114 cm³/mol. The molecule has 0 aliphatic heterocycles. The van der Waals surface area contributed by atoms with Gasteiger partial charge in [0.05, 0.1) is 16.8 Å². The van der Waals surface area contributed by atoms with Crippen LogP contribution in [0.15, 0.2) is 18.2 Å². The van der Waals surface area contributed by atoms with E-state index in [1.165, 1.54) is 0 Å². The highest BCUT2D eigenvalue weighted by atomic mass is 31.2. The van der Waals surface area contributed by atoms with Crippen LogP contribution >= 0.6 is 7.82 Å². The summed E-state index contributed by atoms with van der Waals surface area (Å²) in [6, 6.07) is 4.80. The lowest BCUT2D eigenvalue weighted by Gasteiger charge is -2.31. The van der Waals surface area contributed by atoms with Gasteiger partial charge in [0.15, 0.2) is 0 Å². The van der Waals surface area contributed by atoms with Crippen LogP contribution in [0.2, 0.25) is 0 Å². The Kier molecular flexibility index (Phi) is 8.11. The molecular weight excluding hydrogens is 393 g/mol. The minimum Gasteiger partial charge on any atom is -0.456 e. The van der Waals surface area contributed by atoms with Crippen molar-refractivity contribution in [2.24, 2.45) is 0 Å². The molecule has 7 nitrogen and oxygen atoms in total. The molecule has 0 atom stereocenters. The number of rotatable bonds is 7. The summed E-state index contributed by atoms with van der Waals surface area (Å²) in [7, 11) is -2.19. The first-order valence-corrected chi connectivity index (χ1v) is 11.1. The van der Waals surface area contributed by atoms with Crippen molar-refractivity contribution >= 4 is 13.8 Å². The lowest BCUT2D eigenvalue weighted by molar-refractivity contribution is 0.00687. The van der Waals surface area contributed by atoms with E-state index in [4.69, 9.17) is 18.3 Å². The van der Waals surface area contributed by atoms with Crippen LogP contribution in [0.3, 0.4) is 0 Å². The number of carbonyl (C=O) groups is 1. The number of esters is 1. The van der Waals surface area contributed by atoms with Crippen LogP contribution in [0.5, 0.6) is 5.75 Å². The van der Waals surface area contributed by atoms with Crippen molar-refractivity contribution in [2.75, 3.05) is 7.05 Å². The molecule has 0 saturated carbocycles. The van der Waals surface area contributed by atoms with Gasteiger partial charge in [0.25, 0.3) is 0 Å². The predicted octanol–water partition coefficient (Wildman–Crippen LogP) is 5.48. The zero-order valence-electron chi connectivity index (χ0n) is 19.3. The van der Waals surface area contributed by atoms with Gasteiger partial charge in [-0.05, 0) is 87.6 Å². The summed E-state index contributed by atoms with van der Waals surface area (Å²) in [4.78, 5) is 12.4. The van der Waals surface area contributed by atoms with Gasteiger partial charge in [0.2, 0.25) is 0 Å². The van der Waals surface area contributed by atoms with Crippen molar-refractivity contribution < 1.29 is 27.7 Å². The van der Waals surface area contributed by atoms with E-state index in [2.05, 4.69) is 5.32 Å². The largest absolute Gasteiger partial charge is 0.531 e. The first kappa shape index (κ1) is 25.6. The van der Waals surface area contributed by atoms with Gasteiger partial charge in [-0.15, -0.1) is 0 Å². The molecule has 0 unspecified atom stereocenters. The second kappa shape index (κ2) is 9.17. The van der Waals surface area contributed by atoms with E-state index in [0.717, 1.165) is 0 Å². The average Bonchev–Trinajstić information content (AvgIpc) is 2.43. The molecule has 0 spiro atoms. The molecule has 1 aromatic rings. The molecule has 166 valence electrons. The molecule has 0 fully saturated rings. The van der Waals surface area contributed by atoms with Gasteiger partial charge in [0.1, 0.15) is 11.4 Å². The summed E-state index contributed by atoms with van der Waals surface area (Å²) in [6.45, 7) is 16.4. The summed E-state index contributed by atoms with van der Waals surface area (Å²) in [6.07, 6.45) is 0. The van der Waals surface area contributed by atoms with Crippen LogP contribution in [-0.4, -0.2) is 29.8 Å². The molecule has 0 bridgehead atoms. The third-order valence-corrected chi connectivity index (χ3v) is 5.01. The Morgan fingerprint density at radius 1 is 0.931 bits per heavy atom. The molecule has 0 aliphatic rings. The maximum Gasteiger partial charge on any atom is 0.531 e. The van der Waals surface area contributed by atoms with Crippen molar-refractivity contribution in [3.63, 3.8) is 0 Å². The van der Waals surface area contributed by atoms with Gasteiger partial charge in [-0.2, -0.15) is 0 Å². The number of benzene rings is 1. The molecule has 1 rings (SSSR count). The normalized spacial score (nSPS) is 13.3. The monoisotopic (exact) mass is 429 g/mol. The Bertz CT molecular complexity index is 736. The molecule has 8 heteroatoms. The highest BCUT2D eigenvalue weighted by Crippen LogP contribution is 2.55. The maximum atomic E-state index is 13.4. The molecule has 0 amide bonds. The van der Waals surface area contributed by atoms with Crippen LogP contribution < -0.4 is 9.84 Å². The lowest BCUT2D eigenvalue weighted by Crippen LogP contribution is -2.26. The Morgan fingerprint density at radius 3 is 1.86 bits per heavy atom. The molecule has 1 N–H and O–H groups in total. The second-order valence-electron chi connectivity index (χ2n) is 9.80. The Balaban J connectivity index is 3.28. The fourth-order valence-corrected chi connectivity index (χ4v) is 4.18. The van der Waals surface area contributed by atoms with Gasteiger partial charge >= 0.3 is 13.8 Å². The van der Waals surface area contributed by atoms with Gasteiger partial charge in [0, 0.05) is 12.1 Å². The molecule has 0 aliphatic carbocycles. The van der Waals surface area contributed by atoms with Crippen LogP contribution in [0.1, 0.15) is 78.2 Å². The average molecular weight is 429 g/mol. The summed E-state index contributed by atoms with van der Waals surface area (Å²) < 4.78 is 36.0. The molecule has 0 heterocycles. The van der Waals surface area contributed by atoms with Gasteiger partial charge < -0.3 is 14.6 Å². The van der Waals surface area contributed by atoms with E-state index in [9.17, 15) is 9.36 Å². The lowest BCUT2D eigenvalue weighted by atomic mass is 10.1. The molecule has 0 aromatic heterocycles. The van der Waals surface area contributed by atoms with E-state index in [1.807, 2.05) is 0 Å². The first-order valence-electron chi connectivity index (χ1n) is 9.65. The van der Waals surface area contributed by atoms with E-state index in [-0.39, 0.29) is 0 Å². The fourth-order valence-electron chi connectivity index (χ4n) is 2.31. The standard InChI is InChI=1S/C21H36NO6P/c1-19(2,3)25-18(23)15-11-12-17(16(13-15)14-22-10)26-29(24,27-20(4,5)6)28-21(7,8)9/h11-13,22H,14H2,1-10H3. The molecule has 0 saturated heterocycles. The number of ether oxygens (including phenoxy) is 1. The third-order valence-electron chi connectivity index (χ3n) is 3.04. The topological polar surface area (TPSA) is 83.1 Å². The van der Waals surface area contributed by atoms with E-state index in [1.54, 1.807) is 87.6 Å². The molecule has 29 heavy (non-hydrogen) atoms. The SMILES string of the molecule is CNCc1cc(C(=O)OC(C)(C)C)ccc1OP(=O)(OC(C)(C)C)OC(C)(C)C. The van der Waals surface area contributed by atoms with Crippen molar-refractivity contribution in [3.05, 3.63) is 29.3 Å². The van der Waals surface area contributed by atoms with Crippen molar-refractivity contribution in [1.82, 2.24) is 5.32 Å². The summed E-state index contributed by atoms with van der Waals surface area (Å²) >= 11 is 0. The van der Waals surface area contributed by atoms with E-state index < -0.39 is 30.6 Å². The Labute approximate surface area is 175 Å². The first-order chi connectivity index (χ1) is 12.9. The summed E-state index contributed by atoms with van der Waals surface area (Å²) in [5.74, 6) is -0.134.